The zero-order chi connectivity index (χ0) is 10.1. The second kappa shape index (κ2) is 3.72. The zero-order valence-electron chi connectivity index (χ0n) is 7.24. The number of hydrogen-bond donors (Lipinski definition) is 1. The largest absolute Gasteiger partial charge is 0.489 e. The molecule has 0 radical (unpaired) electrons. The Hall–Kier alpha value is -0.850. The van der Waals surface area contributed by atoms with Crippen molar-refractivity contribution in [3.05, 3.63) is 21.5 Å². The van der Waals surface area contributed by atoms with Crippen LogP contribution in [0.1, 0.15) is 23.2 Å². The minimum atomic E-state index is -0.988. The smallest absolute Gasteiger partial charge is 0.342 e. The molecule has 0 aliphatic heterocycles. The normalized spacial score (nSPS) is 15.2. The minimum Gasteiger partial charge on any atom is -0.489 e. The number of halogens is 1. The molecule has 1 aromatic rings. The molecule has 74 valence electrons. The summed E-state index contributed by atoms with van der Waals surface area (Å²) in [4.78, 5) is 14.8. The number of nitrogens with zero attached hydrogens (tertiary/aromatic N) is 1. The number of carboxylic acids is 1. The average molecular weight is 305 g/mol. The zero-order valence-corrected chi connectivity index (χ0v) is 9.39. The Morgan fingerprint density at radius 2 is 2.36 bits per heavy atom. The van der Waals surface area contributed by atoms with Crippen LogP contribution < -0.4 is 4.74 Å². The SMILES string of the molecule is O=C(O)c1c(OC2CC2)ccnc1I. The number of rotatable bonds is 3. The molecule has 0 aromatic carbocycles. The summed E-state index contributed by atoms with van der Waals surface area (Å²) in [6.07, 6.45) is 3.79. The van der Waals surface area contributed by atoms with Gasteiger partial charge in [-0.05, 0) is 41.5 Å². The minimum absolute atomic E-state index is 0.167. The second-order valence-corrected chi connectivity index (χ2v) is 4.12. The molecule has 5 heteroatoms. The van der Waals surface area contributed by atoms with Gasteiger partial charge in [0.25, 0.3) is 0 Å². The van der Waals surface area contributed by atoms with Crippen molar-refractivity contribution >= 4 is 28.6 Å². The molecule has 1 aromatic heterocycles. The van der Waals surface area contributed by atoms with Crippen molar-refractivity contribution in [2.75, 3.05) is 0 Å². The van der Waals surface area contributed by atoms with E-state index >= 15 is 0 Å². The van der Waals surface area contributed by atoms with Gasteiger partial charge in [-0.3, -0.25) is 0 Å². The molecule has 0 atom stereocenters. The van der Waals surface area contributed by atoms with E-state index in [0.29, 0.717) is 9.45 Å². The number of ether oxygens (including phenoxy) is 1. The summed E-state index contributed by atoms with van der Waals surface area (Å²) >= 11 is 1.90. The fraction of sp³-hybridized carbons (Fsp3) is 0.333. The highest BCUT2D eigenvalue weighted by atomic mass is 127. The van der Waals surface area contributed by atoms with Gasteiger partial charge < -0.3 is 9.84 Å². The second-order valence-electron chi connectivity index (χ2n) is 3.10. The average Bonchev–Trinajstić information content (AvgIpc) is 2.87. The molecule has 4 nitrogen and oxygen atoms in total. The Balaban J connectivity index is 2.35. The summed E-state index contributed by atoms with van der Waals surface area (Å²) in [5.41, 5.74) is 0.167. The van der Waals surface area contributed by atoms with Crippen molar-refractivity contribution < 1.29 is 14.6 Å². The van der Waals surface area contributed by atoms with Gasteiger partial charge in [-0.15, -0.1) is 0 Å². The lowest BCUT2D eigenvalue weighted by atomic mass is 10.2. The lowest BCUT2D eigenvalue weighted by Crippen LogP contribution is -2.07. The van der Waals surface area contributed by atoms with Crippen LogP contribution in [0.4, 0.5) is 0 Å². The van der Waals surface area contributed by atoms with Crippen LogP contribution in [0.5, 0.6) is 5.75 Å². The van der Waals surface area contributed by atoms with Gasteiger partial charge in [-0.25, -0.2) is 9.78 Å². The topological polar surface area (TPSA) is 59.4 Å². The van der Waals surface area contributed by atoms with Crippen molar-refractivity contribution in [2.24, 2.45) is 0 Å². The van der Waals surface area contributed by atoms with Gasteiger partial charge in [-0.1, -0.05) is 0 Å². The fourth-order valence-corrected chi connectivity index (χ4v) is 1.73. The van der Waals surface area contributed by atoms with E-state index in [1.54, 1.807) is 12.3 Å². The number of aromatic carboxylic acids is 1. The molecular weight excluding hydrogens is 297 g/mol. The molecule has 2 rings (SSSR count). The molecule has 14 heavy (non-hydrogen) atoms. The molecule has 0 bridgehead atoms. The lowest BCUT2D eigenvalue weighted by Gasteiger charge is -2.08. The molecule has 1 aliphatic rings. The van der Waals surface area contributed by atoms with E-state index in [2.05, 4.69) is 4.98 Å². The number of carbonyl (C=O) groups is 1. The maximum absolute atomic E-state index is 10.9. The van der Waals surface area contributed by atoms with Crippen molar-refractivity contribution in [3.8, 4) is 5.75 Å². The van der Waals surface area contributed by atoms with Crippen LogP contribution in [0.3, 0.4) is 0 Å². The number of pyridine rings is 1. The quantitative estimate of drug-likeness (QED) is 0.685. The van der Waals surface area contributed by atoms with Gasteiger partial charge in [0.1, 0.15) is 15.0 Å². The van der Waals surface area contributed by atoms with E-state index in [0.717, 1.165) is 12.8 Å². The Kier molecular flexibility index (Phi) is 2.58. The maximum atomic E-state index is 10.9. The molecule has 1 aliphatic carbocycles. The summed E-state index contributed by atoms with van der Waals surface area (Å²) in [6, 6.07) is 1.60. The Labute approximate surface area is 94.4 Å². The predicted molar refractivity (Wildman–Crippen MR) is 57.6 cm³/mol. The first-order valence-corrected chi connectivity index (χ1v) is 5.31. The van der Waals surface area contributed by atoms with E-state index in [-0.39, 0.29) is 11.7 Å². The molecule has 0 unspecified atom stereocenters. The number of carboxylic acid groups (broad SMARTS) is 1. The van der Waals surface area contributed by atoms with Crippen LogP contribution >= 0.6 is 22.6 Å². The Morgan fingerprint density at radius 3 is 2.93 bits per heavy atom. The van der Waals surface area contributed by atoms with Crippen molar-refractivity contribution in [2.45, 2.75) is 18.9 Å². The lowest BCUT2D eigenvalue weighted by molar-refractivity contribution is 0.0690. The molecule has 0 spiro atoms. The molecule has 1 saturated carbocycles. The maximum Gasteiger partial charge on any atom is 0.342 e. The van der Waals surface area contributed by atoms with Crippen LogP contribution in [0.25, 0.3) is 0 Å². The summed E-state index contributed by atoms with van der Waals surface area (Å²) in [5.74, 6) is -0.558. The van der Waals surface area contributed by atoms with Crippen molar-refractivity contribution in [1.29, 1.82) is 0 Å². The van der Waals surface area contributed by atoms with E-state index < -0.39 is 5.97 Å². The summed E-state index contributed by atoms with van der Waals surface area (Å²) in [5, 5.41) is 8.95. The first-order valence-electron chi connectivity index (χ1n) is 4.23. The van der Waals surface area contributed by atoms with Gasteiger partial charge in [0.15, 0.2) is 0 Å². The molecule has 0 amide bonds. The number of aromatic nitrogens is 1. The van der Waals surface area contributed by atoms with E-state index in [1.165, 1.54) is 0 Å². The molecular formula is C9H8INO3. The highest BCUT2D eigenvalue weighted by Crippen LogP contribution is 2.30. The van der Waals surface area contributed by atoms with E-state index in [1.807, 2.05) is 22.6 Å². The molecule has 1 fully saturated rings. The van der Waals surface area contributed by atoms with Crippen LogP contribution in [0, 0.1) is 3.70 Å². The van der Waals surface area contributed by atoms with Crippen molar-refractivity contribution in [1.82, 2.24) is 4.98 Å². The van der Waals surface area contributed by atoms with Crippen LogP contribution in [-0.4, -0.2) is 22.2 Å². The van der Waals surface area contributed by atoms with E-state index in [9.17, 15) is 4.79 Å². The highest BCUT2D eigenvalue weighted by Gasteiger charge is 2.26. The van der Waals surface area contributed by atoms with Gasteiger partial charge in [0, 0.05) is 6.20 Å². The standard InChI is InChI=1S/C9H8INO3/c10-8-7(9(12)13)6(3-4-11-8)14-5-1-2-5/h3-5H,1-2H2,(H,12,13). The first kappa shape index (κ1) is 9.70. The van der Waals surface area contributed by atoms with Gasteiger partial charge >= 0.3 is 5.97 Å². The Bertz CT molecular complexity index is 376. The van der Waals surface area contributed by atoms with Crippen LogP contribution in [0.2, 0.25) is 0 Å². The predicted octanol–water partition coefficient (Wildman–Crippen LogP) is 1.93. The van der Waals surface area contributed by atoms with Gasteiger partial charge in [0.05, 0.1) is 6.10 Å². The Morgan fingerprint density at radius 1 is 1.64 bits per heavy atom. The highest BCUT2D eigenvalue weighted by molar-refractivity contribution is 14.1. The third-order valence-electron chi connectivity index (χ3n) is 1.90. The molecule has 0 saturated heterocycles. The van der Waals surface area contributed by atoms with E-state index in [4.69, 9.17) is 9.84 Å². The van der Waals surface area contributed by atoms with Crippen LogP contribution in [-0.2, 0) is 0 Å². The summed E-state index contributed by atoms with van der Waals surface area (Å²) < 4.78 is 5.94. The molecule has 1 heterocycles. The monoisotopic (exact) mass is 305 g/mol. The first-order chi connectivity index (χ1) is 6.68. The third-order valence-corrected chi connectivity index (χ3v) is 2.72. The third kappa shape index (κ3) is 1.97. The van der Waals surface area contributed by atoms with Crippen molar-refractivity contribution in [3.63, 3.8) is 0 Å². The summed E-state index contributed by atoms with van der Waals surface area (Å²) in [6.45, 7) is 0. The summed E-state index contributed by atoms with van der Waals surface area (Å²) in [7, 11) is 0. The van der Waals surface area contributed by atoms with Gasteiger partial charge in [0.2, 0.25) is 0 Å². The molecule has 1 N–H and O–H groups in total. The number of hydrogen-bond acceptors (Lipinski definition) is 3. The fourth-order valence-electron chi connectivity index (χ4n) is 1.08. The van der Waals surface area contributed by atoms with Crippen LogP contribution in [0.15, 0.2) is 12.3 Å². The van der Waals surface area contributed by atoms with Gasteiger partial charge in [-0.2, -0.15) is 0 Å².